The lowest BCUT2D eigenvalue weighted by Crippen LogP contribution is -2.23. The van der Waals surface area contributed by atoms with E-state index in [9.17, 15) is 13.2 Å². The van der Waals surface area contributed by atoms with Gasteiger partial charge >= 0.3 is 6.18 Å². The molecule has 7 heteroatoms. The molecule has 0 saturated carbocycles. The number of benzene rings is 1. The highest BCUT2D eigenvalue weighted by Gasteiger charge is 2.28. The molecular weight excluding hydrogens is 251 g/mol. The van der Waals surface area contributed by atoms with Gasteiger partial charge in [0, 0.05) is 18.3 Å². The molecule has 0 aliphatic heterocycles. The summed E-state index contributed by atoms with van der Waals surface area (Å²) < 4.78 is 40.4. The number of rotatable bonds is 6. The number of nitrogens with one attached hydrogen (secondary N) is 1. The van der Waals surface area contributed by atoms with Crippen molar-refractivity contribution in [3.63, 3.8) is 0 Å². The molecule has 1 aromatic carbocycles. The standard InChI is InChI=1S/C11H14F3NO3/c12-11(13,14)7-18-10-3-1-2-8(4-10)15-5-9(17)6-16/h1-4,9,15-17H,5-7H2. The first kappa shape index (κ1) is 14.6. The zero-order valence-corrected chi connectivity index (χ0v) is 9.44. The summed E-state index contributed by atoms with van der Waals surface area (Å²) in [6, 6.07) is 5.93. The summed E-state index contributed by atoms with van der Waals surface area (Å²) in [5.74, 6) is 0.0795. The number of hydrogen-bond donors (Lipinski definition) is 3. The maximum Gasteiger partial charge on any atom is 0.422 e. The Morgan fingerprint density at radius 2 is 2.06 bits per heavy atom. The Morgan fingerprint density at radius 3 is 2.67 bits per heavy atom. The van der Waals surface area contributed by atoms with E-state index in [4.69, 9.17) is 10.2 Å². The van der Waals surface area contributed by atoms with E-state index in [1.54, 1.807) is 6.07 Å². The van der Waals surface area contributed by atoms with Crippen LogP contribution >= 0.6 is 0 Å². The summed E-state index contributed by atoms with van der Waals surface area (Å²) >= 11 is 0. The van der Waals surface area contributed by atoms with E-state index in [0.29, 0.717) is 5.69 Å². The van der Waals surface area contributed by atoms with Crippen molar-refractivity contribution in [2.24, 2.45) is 0 Å². The topological polar surface area (TPSA) is 61.7 Å². The van der Waals surface area contributed by atoms with Crippen LogP contribution in [0.15, 0.2) is 24.3 Å². The minimum atomic E-state index is -4.38. The second kappa shape index (κ2) is 6.46. The maximum absolute atomic E-state index is 11.9. The number of anilines is 1. The number of hydrogen-bond acceptors (Lipinski definition) is 4. The van der Waals surface area contributed by atoms with Crippen LogP contribution in [0.1, 0.15) is 0 Å². The summed E-state index contributed by atoms with van der Waals surface area (Å²) in [7, 11) is 0. The first-order valence-corrected chi connectivity index (χ1v) is 5.23. The predicted octanol–water partition coefficient (Wildman–Crippen LogP) is 1.39. The molecule has 1 aromatic rings. The monoisotopic (exact) mass is 265 g/mol. The molecule has 0 aliphatic rings. The third-order valence-corrected chi connectivity index (χ3v) is 1.99. The Balaban J connectivity index is 2.51. The average molecular weight is 265 g/mol. The number of aliphatic hydroxyl groups is 2. The fourth-order valence-electron chi connectivity index (χ4n) is 1.16. The van der Waals surface area contributed by atoms with Gasteiger partial charge in [-0.2, -0.15) is 13.2 Å². The van der Waals surface area contributed by atoms with Crippen molar-refractivity contribution >= 4 is 5.69 Å². The summed E-state index contributed by atoms with van der Waals surface area (Å²) in [4.78, 5) is 0. The number of aliphatic hydroxyl groups excluding tert-OH is 2. The quantitative estimate of drug-likeness (QED) is 0.727. The third-order valence-electron chi connectivity index (χ3n) is 1.99. The Morgan fingerprint density at radius 1 is 1.33 bits per heavy atom. The van der Waals surface area contributed by atoms with E-state index in [-0.39, 0.29) is 12.3 Å². The largest absolute Gasteiger partial charge is 0.484 e. The first-order chi connectivity index (χ1) is 8.40. The van der Waals surface area contributed by atoms with E-state index in [1.165, 1.54) is 18.2 Å². The molecule has 1 atom stereocenters. The van der Waals surface area contributed by atoms with Gasteiger partial charge < -0.3 is 20.3 Å². The SMILES string of the molecule is OCC(O)CNc1cccc(OCC(F)(F)F)c1. The van der Waals surface area contributed by atoms with Gasteiger partial charge in [-0.1, -0.05) is 6.07 Å². The second-order valence-corrected chi connectivity index (χ2v) is 3.65. The molecule has 1 rings (SSSR count). The van der Waals surface area contributed by atoms with Crippen LogP contribution in [0, 0.1) is 0 Å². The second-order valence-electron chi connectivity index (χ2n) is 3.65. The zero-order valence-electron chi connectivity index (χ0n) is 9.44. The van der Waals surface area contributed by atoms with E-state index < -0.39 is 25.5 Å². The Bertz CT molecular complexity index is 371. The highest BCUT2D eigenvalue weighted by atomic mass is 19.4. The van der Waals surface area contributed by atoms with Gasteiger partial charge in [-0.15, -0.1) is 0 Å². The van der Waals surface area contributed by atoms with Crippen LogP contribution in [0.5, 0.6) is 5.75 Å². The average Bonchev–Trinajstić information content (AvgIpc) is 2.33. The normalized spacial score (nSPS) is 13.2. The molecule has 3 N–H and O–H groups in total. The van der Waals surface area contributed by atoms with E-state index in [0.717, 1.165) is 0 Å². The van der Waals surface area contributed by atoms with Gasteiger partial charge in [-0.05, 0) is 12.1 Å². The highest BCUT2D eigenvalue weighted by Crippen LogP contribution is 2.21. The minimum Gasteiger partial charge on any atom is -0.484 e. The van der Waals surface area contributed by atoms with Crippen LogP contribution in [-0.2, 0) is 0 Å². The number of ether oxygens (including phenoxy) is 1. The van der Waals surface area contributed by atoms with Crippen LogP contribution < -0.4 is 10.1 Å². The van der Waals surface area contributed by atoms with Crippen molar-refractivity contribution in [3.05, 3.63) is 24.3 Å². The van der Waals surface area contributed by atoms with Crippen LogP contribution in [0.3, 0.4) is 0 Å². The molecule has 0 spiro atoms. The van der Waals surface area contributed by atoms with Gasteiger partial charge in [0.2, 0.25) is 0 Å². The van der Waals surface area contributed by atoms with Crippen LogP contribution in [0.25, 0.3) is 0 Å². The molecule has 0 fully saturated rings. The van der Waals surface area contributed by atoms with Crippen molar-refractivity contribution in [1.29, 1.82) is 0 Å². The van der Waals surface area contributed by atoms with E-state index in [1.807, 2.05) is 0 Å². The van der Waals surface area contributed by atoms with E-state index >= 15 is 0 Å². The van der Waals surface area contributed by atoms with Gasteiger partial charge in [0.1, 0.15) is 5.75 Å². The van der Waals surface area contributed by atoms with Crippen LogP contribution in [0.4, 0.5) is 18.9 Å². The molecular formula is C11H14F3NO3. The number of alkyl halides is 3. The van der Waals surface area contributed by atoms with Gasteiger partial charge in [-0.25, -0.2) is 0 Å². The van der Waals surface area contributed by atoms with Crippen molar-refractivity contribution in [2.45, 2.75) is 12.3 Å². The third kappa shape index (κ3) is 5.74. The predicted molar refractivity (Wildman–Crippen MR) is 59.6 cm³/mol. The molecule has 0 radical (unpaired) electrons. The van der Waals surface area contributed by atoms with Gasteiger partial charge in [-0.3, -0.25) is 0 Å². The molecule has 0 aromatic heterocycles. The maximum atomic E-state index is 11.9. The molecule has 1 unspecified atom stereocenters. The highest BCUT2D eigenvalue weighted by molar-refractivity contribution is 5.48. The lowest BCUT2D eigenvalue weighted by atomic mass is 10.3. The molecule has 0 aliphatic carbocycles. The lowest BCUT2D eigenvalue weighted by Gasteiger charge is -2.12. The molecule has 0 saturated heterocycles. The van der Waals surface area contributed by atoms with Gasteiger partial charge in [0.15, 0.2) is 6.61 Å². The fraction of sp³-hybridized carbons (Fsp3) is 0.455. The van der Waals surface area contributed by atoms with Crippen molar-refractivity contribution in [2.75, 3.05) is 25.1 Å². The van der Waals surface area contributed by atoms with Crippen molar-refractivity contribution in [3.8, 4) is 5.75 Å². The van der Waals surface area contributed by atoms with Crippen molar-refractivity contribution in [1.82, 2.24) is 0 Å². The van der Waals surface area contributed by atoms with Crippen LogP contribution in [-0.4, -0.2) is 42.3 Å². The van der Waals surface area contributed by atoms with E-state index in [2.05, 4.69) is 10.1 Å². The minimum absolute atomic E-state index is 0.0795. The molecule has 102 valence electrons. The lowest BCUT2D eigenvalue weighted by molar-refractivity contribution is -0.153. The summed E-state index contributed by atoms with van der Waals surface area (Å²) in [5, 5.41) is 20.5. The molecule has 4 nitrogen and oxygen atoms in total. The van der Waals surface area contributed by atoms with Crippen LogP contribution in [0.2, 0.25) is 0 Å². The zero-order chi connectivity index (χ0) is 13.6. The Hall–Kier alpha value is -1.47. The van der Waals surface area contributed by atoms with Gasteiger partial charge in [0.25, 0.3) is 0 Å². The summed E-state index contributed by atoms with van der Waals surface area (Å²) in [5.41, 5.74) is 0.502. The number of halogens is 3. The Labute approximate surface area is 102 Å². The molecule has 0 bridgehead atoms. The van der Waals surface area contributed by atoms with Crippen molar-refractivity contribution < 1.29 is 28.1 Å². The molecule has 18 heavy (non-hydrogen) atoms. The smallest absolute Gasteiger partial charge is 0.422 e. The fourth-order valence-corrected chi connectivity index (χ4v) is 1.16. The Kier molecular flexibility index (Phi) is 5.24. The summed E-state index contributed by atoms with van der Waals surface area (Å²) in [6.07, 6.45) is -5.30. The molecule has 0 amide bonds. The summed E-state index contributed by atoms with van der Waals surface area (Å²) in [6.45, 7) is -1.65. The van der Waals surface area contributed by atoms with Gasteiger partial charge in [0.05, 0.1) is 12.7 Å². The molecule has 0 heterocycles. The first-order valence-electron chi connectivity index (χ1n) is 5.23.